The lowest BCUT2D eigenvalue weighted by Gasteiger charge is -2.36. The van der Waals surface area contributed by atoms with Gasteiger partial charge in [-0.15, -0.1) is 0 Å². The molecule has 127 heavy (non-hydrogen) atoms. The van der Waals surface area contributed by atoms with Gasteiger partial charge in [-0.05, 0) is 177 Å². The average Bonchev–Trinajstić information content (AvgIpc) is 0.786. The second kappa shape index (κ2) is 62.2. The fraction of sp³-hybridized carbons (Fsp3) is 0.792. The first-order valence-corrected chi connectivity index (χ1v) is 51.2. The van der Waals surface area contributed by atoms with Crippen molar-refractivity contribution < 1.29 is 19.4 Å². The molecule has 0 heterocycles. The fourth-order valence-corrected chi connectivity index (χ4v) is 16.7. The number of hydrogen-bond donors (Lipinski definition) is 5. The van der Waals surface area contributed by atoms with Crippen molar-refractivity contribution in [1.29, 1.82) is 0 Å². The number of methoxy groups -OCH3 is 1. The number of nitrogens with one attached hydrogen (secondary N) is 4. The van der Waals surface area contributed by atoms with Crippen molar-refractivity contribution in [3.05, 3.63) is 91.4 Å². The molecule has 2 aliphatic carbocycles. The highest BCUT2D eigenvalue weighted by Crippen LogP contribution is 2.35. The molecule has 0 aliphatic heterocycles. The van der Waals surface area contributed by atoms with Crippen LogP contribution in [0.2, 0.25) is 0 Å². The highest BCUT2D eigenvalue weighted by molar-refractivity contribution is 7.72. The molecule has 18 nitrogen and oxygen atoms in total. The van der Waals surface area contributed by atoms with Gasteiger partial charge in [0.1, 0.15) is 42.0 Å². The summed E-state index contributed by atoms with van der Waals surface area (Å²) in [6.45, 7) is 70.7. The molecule has 0 amide bonds. The Morgan fingerprint density at radius 3 is 0.874 bits per heavy atom. The van der Waals surface area contributed by atoms with Crippen LogP contribution in [0, 0.1) is 40.6 Å². The van der Waals surface area contributed by atoms with E-state index in [0.29, 0.717) is 65.0 Å². The summed E-state index contributed by atoms with van der Waals surface area (Å²) >= 11 is 15.9. The molecule has 0 unspecified atom stereocenters. The Balaban J connectivity index is 0.000000822. The first-order valence-electron chi connectivity index (χ1n) is 50.0. The summed E-state index contributed by atoms with van der Waals surface area (Å²) in [6, 6.07) is 0. The second-order valence-electron chi connectivity index (χ2n) is 43.9. The van der Waals surface area contributed by atoms with Crippen molar-refractivity contribution in [3.8, 4) is 0 Å². The SMILES string of the molecule is C=C1C(=O)C(N(C)CCCC(C)(C)C)=C1NC(C)(C)C.C=C1C(=O)C(N(C)CCCC(C)(C)C)=C1O.CCCCCCCCN(CCCCCCCC)CCCNc1c(N(C)CCCC(C)(C)C)c(=O)c1=S.CCCCCCCCN(CCCCCCCC)CCNc1c(N(C)CCCC(C)(C)C)c(=O)c1=S.COCCNc1c(N(C)CCCC(C)(C)C)c(=O)c1=S. The van der Waals surface area contributed by atoms with Crippen LogP contribution in [0.4, 0.5) is 34.1 Å². The number of aliphatic hydroxyl groups is 1. The number of rotatable bonds is 62. The van der Waals surface area contributed by atoms with Gasteiger partial charge in [-0.25, -0.2) is 0 Å². The van der Waals surface area contributed by atoms with E-state index in [0.717, 1.165) is 175 Å². The maximum Gasteiger partial charge on any atom is 0.224 e. The molecule has 0 bridgehead atoms. The highest BCUT2D eigenvalue weighted by atomic mass is 32.1. The lowest BCUT2D eigenvalue weighted by Crippen LogP contribution is -2.45. The number of unbranched alkanes of at least 4 members (excludes halogenated alkanes) is 20. The zero-order valence-electron chi connectivity index (χ0n) is 87.0. The zero-order chi connectivity index (χ0) is 96.5. The smallest absolute Gasteiger partial charge is 0.224 e. The van der Waals surface area contributed by atoms with Crippen LogP contribution in [-0.2, 0) is 14.3 Å². The van der Waals surface area contributed by atoms with E-state index >= 15 is 0 Å². The Labute approximate surface area is 793 Å². The quantitative estimate of drug-likeness (QED) is 0.0204. The molecule has 0 spiro atoms. The van der Waals surface area contributed by atoms with Crippen molar-refractivity contribution in [2.75, 3.05) is 171 Å². The van der Waals surface area contributed by atoms with E-state index in [1.54, 1.807) is 7.11 Å². The van der Waals surface area contributed by atoms with Crippen molar-refractivity contribution in [2.45, 2.75) is 383 Å². The van der Waals surface area contributed by atoms with Crippen LogP contribution in [0.15, 0.2) is 61.5 Å². The maximum absolute atomic E-state index is 12.5. The van der Waals surface area contributed by atoms with Crippen LogP contribution in [0.25, 0.3) is 0 Å². The summed E-state index contributed by atoms with van der Waals surface area (Å²) in [5.74, 6) is 0.00836. The normalized spacial score (nSPS) is 13.3. The predicted molar refractivity (Wildman–Crippen MR) is 562 cm³/mol. The Kier molecular flexibility index (Phi) is 58.6. The summed E-state index contributed by atoms with van der Waals surface area (Å²) in [6.07, 6.45) is 44.5. The maximum atomic E-state index is 12.5. The molecule has 5 rings (SSSR count). The van der Waals surface area contributed by atoms with Gasteiger partial charge in [-0.1, -0.05) is 310 Å². The molecule has 21 heteroatoms. The number of likely N-dealkylation sites (N-methyl/N-ethyl adjacent to an activating group) is 2. The van der Waals surface area contributed by atoms with Crippen LogP contribution in [0.1, 0.15) is 377 Å². The number of ketones is 2. The third-order valence-electron chi connectivity index (χ3n) is 23.8. The minimum absolute atomic E-state index is 0.0156. The van der Waals surface area contributed by atoms with Gasteiger partial charge in [0, 0.05) is 112 Å². The summed E-state index contributed by atoms with van der Waals surface area (Å²) in [4.78, 5) is 75.7. The van der Waals surface area contributed by atoms with E-state index in [1.165, 1.54) is 180 Å². The molecular formula is C106H193N11O7S3. The van der Waals surface area contributed by atoms with Crippen molar-refractivity contribution in [1.82, 2.24) is 24.9 Å². The van der Waals surface area contributed by atoms with E-state index in [4.69, 9.17) is 41.4 Å². The van der Waals surface area contributed by atoms with Gasteiger partial charge >= 0.3 is 0 Å². The third-order valence-corrected chi connectivity index (χ3v) is 25.0. The van der Waals surface area contributed by atoms with Crippen LogP contribution in [0.3, 0.4) is 0 Å². The van der Waals surface area contributed by atoms with Gasteiger partial charge in [0.15, 0.2) is 5.76 Å². The van der Waals surface area contributed by atoms with Crippen LogP contribution < -0.4 is 52.3 Å². The zero-order valence-corrected chi connectivity index (χ0v) is 89.5. The number of hydrogen-bond acceptors (Lipinski definition) is 21. The molecule has 2 aliphatic rings. The standard InChI is InChI=1S/C31H59N3OS.C30H57N3OS.C17H30N2O.C15H26N2O2S.C13H21NO2/c1-7-9-11-13-15-17-24-34(25-18-16-14-12-10-8-2)26-20-22-32-27-28(29(35)30(27)36)33(6)23-19-21-31(3,4)5;1-7-9-11-13-15-17-23-33(24-18-16-14-12-10-8-2)25-21-31-26-27(28(34)29(26)35)32(6)22-19-20-30(3,4)5;1-12-13(18-17(5,6)7)14(15(12)20)19(8)11-9-10-16(2,3)4;1-15(2,3)7-6-9-17(4)12-11(14(20)13(12)18)16-8-10-19-5;1-9-11(15)10(12(9)16)14(5)8-6-7-13(2,3)4/h32H,7-26H2,1-6H3;31H,7-25H2,1-6H3;18H,1,9-11H2,2-8H3;16H,6-10H2,1-5H3;15H,1,6-8H2,2-5H3. The minimum atomic E-state index is -0.129. The Hall–Kier alpha value is -5.32. The van der Waals surface area contributed by atoms with Gasteiger partial charge in [0.05, 0.1) is 34.9 Å². The molecule has 5 N–H and O–H groups in total. The number of allylic oxidation sites excluding steroid dienone is 4. The highest BCUT2D eigenvalue weighted by Gasteiger charge is 2.37. The molecule has 0 aromatic heterocycles. The number of Topliss-reactive ketones (excluding diaryl/α,β-unsaturated/α-hetero) is 2. The third kappa shape index (κ3) is 49.8. The molecular weight excluding hydrogens is 1640 g/mol. The van der Waals surface area contributed by atoms with E-state index in [2.05, 4.69) is 211 Å². The first-order chi connectivity index (χ1) is 59.4. The fourth-order valence-electron chi connectivity index (χ4n) is 15.9. The summed E-state index contributed by atoms with van der Waals surface area (Å²) in [7, 11) is 11.5. The molecule has 0 radical (unpaired) electrons. The van der Waals surface area contributed by atoms with Gasteiger partial charge in [0.25, 0.3) is 0 Å². The number of ether oxygens (including phenoxy) is 1. The summed E-state index contributed by atoms with van der Waals surface area (Å²) in [5.41, 5.74) is 9.53. The predicted octanol–water partition coefficient (Wildman–Crippen LogP) is 26.2. The Morgan fingerprint density at radius 1 is 0.323 bits per heavy atom. The minimum Gasteiger partial charge on any atom is -0.505 e. The molecule has 0 fully saturated rings. The van der Waals surface area contributed by atoms with E-state index in [9.17, 15) is 29.1 Å². The number of anilines is 6. The lowest BCUT2D eigenvalue weighted by molar-refractivity contribution is -0.116. The van der Waals surface area contributed by atoms with E-state index in [-0.39, 0.29) is 44.7 Å². The van der Waals surface area contributed by atoms with Gasteiger partial charge in [0.2, 0.25) is 27.9 Å². The number of aliphatic hydroxyl groups excluding tert-OH is 1. The number of nitrogens with zero attached hydrogens (tertiary/aromatic N) is 7. The molecule has 3 aromatic carbocycles. The van der Waals surface area contributed by atoms with Crippen LogP contribution >= 0.6 is 36.7 Å². The van der Waals surface area contributed by atoms with E-state index in [1.807, 2.05) is 45.0 Å². The Morgan fingerprint density at radius 2 is 0.583 bits per heavy atom. The molecule has 0 saturated carbocycles. The van der Waals surface area contributed by atoms with Gasteiger partial charge in [-0.3, -0.25) is 24.0 Å². The topological polar surface area (TPSA) is 186 Å². The number of carbonyl (C=O) groups excluding carboxylic acids is 2. The van der Waals surface area contributed by atoms with Crippen LogP contribution in [-0.4, -0.2) is 182 Å². The van der Waals surface area contributed by atoms with Gasteiger partial charge in [-0.2, -0.15) is 0 Å². The first kappa shape index (κ1) is 120. The largest absolute Gasteiger partial charge is 0.505 e. The Bertz CT molecular complexity index is 3870. The summed E-state index contributed by atoms with van der Waals surface area (Å²) < 4.78 is 6.39. The average molecular weight is 1830 g/mol. The molecule has 0 saturated heterocycles. The summed E-state index contributed by atoms with van der Waals surface area (Å²) in [5, 5.41) is 23.1. The number of carbonyl (C=O) groups is 2. The lowest BCUT2D eigenvalue weighted by atomic mass is 9.88. The van der Waals surface area contributed by atoms with Crippen LogP contribution in [0.5, 0.6) is 0 Å². The van der Waals surface area contributed by atoms with E-state index < -0.39 is 0 Å². The van der Waals surface area contributed by atoms with Crippen molar-refractivity contribution in [2.24, 2.45) is 27.1 Å². The second-order valence-corrected chi connectivity index (χ2v) is 45.1. The van der Waals surface area contributed by atoms with Crippen molar-refractivity contribution >= 4 is 82.3 Å². The molecule has 3 aromatic rings. The monoisotopic (exact) mass is 1830 g/mol. The molecule has 732 valence electrons. The van der Waals surface area contributed by atoms with Gasteiger partial charge < -0.3 is 65.4 Å². The van der Waals surface area contributed by atoms with Crippen molar-refractivity contribution in [3.63, 3.8) is 0 Å². The molecule has 0 atom stereocenters.